The van der Waals surface area contributed by atoms with Gasteiger partial charge in [0, 0.05) is 38.5 Å². The van der Waals surface area contributed by atoms with Crippen LogP contribution in [0.4, 0.5) is 17.1 Å². The molecule has 12 rings (SSSR count). The number of furan rings is 2. The molecule has 2 heterocycles. The summed E-state index contributed by atoms with van der Waals surface area (Å²) in [5.41, 5.74) is 13.2. The van der Waals surface area contributed by atoms with Crippen LogP contribution < -0.4 is 4.90 Å². The largest absolute Gasteiger partial charge is 0.455 e. The summed E-state index contributed by atoms with van der Waals surface area (Å²) in [7, 11) is 0. The minimum absolute atomic E-state index is 0.821. The lowest BCUT2D eigenvalue weighted by Crippen LogP contribution is -2.10. The molecule has 10 aromatic carbocycles. The van der Waals surface area contributed by atoms with Gasteiger partial charge in [0.15, 0.2) is 5.58 Å². The first kappa shape index (κ1) is 33.3. The Bertz CT molecular complexity index is 3540. The first-order valence-electron chi connectivity index (χ1n) is 20.1. The van der Waals surface area contributed by atoms with Crippen molar-refractivity contribution < 1.29 is 8.83 Å². The molecule has 12 aromatic rings. The maximum absolute atomic E-state index is 7.03. The van der Waals surface area contributed by atoms with Crippen molar-refractivity contribution in [3.8, 4) is 33.4 Å². The highest BCUT2D eigenvalue weighted by atomic mass is 16.3. The fourth-order valence-corrected chi connectivity index (χ4v) is 9.10. The number of rotatable bonds is 6. The van der Waals surface area contributed by atoms with Gasteiger partial charge in [0.05, 0.1) is 5.69 Å². The molecule has 276 valence electrons. The Labute approximate surface area is 340 Å². The van der Waals surface area contributed by atoms with Crippen molar-refractivity contribution in [3.63, 3.8) is 0 Å². The Balaban J connectivity index is 1.13. The van der Waals surface area contributed by atoms with E-state index in [1.54, 1.807) is 0 Å². The van der Waals surface area contributed by atoms with Crippen LogP contribution in [0.15, 0.2) is 221 Å². The molecule has 0 saturated heterocycles. The summed E-state index contributed by atoms with van der Waals surface area (Å²) in [5, 5.41) is 9.16. The summed E-state index contributed by atoms with van der Waals surface area (Å²) in [6.07, 6.45) is 0. The van der Waals surface area contributed by atoms with Crippen molar-refractivity contribution in [2.45, 2.75) is 0 Å². The third-order valence-corrected chi connectivity index (χ3v) is 11.9. The maximum atomic E-state index is 7.03. The molecule has 0 atom stereocenters. The van der Waals surface area contributed by atoms with Gasteiger partial charge in [0.25, 0.3) is 0 Å². The van der Waals surface area contributed by atoms with Crippen LogP contribution in [0, 0.1) is 0 Å². The SMILES string of the molecule is c1ccc(-c2ccc(N(c3ccc4ccc5ccccc5c4c3)c3ccc(-c4ccc(-c5ccccc5)c5oc6ccccc6c45)c4c3oc3ccccc34)cc2)cc1. The Morgan fingerprint density at radius 3 is 1.51 bits per heavy atom. The summed E-state index contributed by atoms with van der Waals surface area (Å²) in [4.78, 5) is 2.35. The standard InChI is InChI=1S/C56H35NO2/c1-3-13-36(14-4-1)37-25-28-41(29-26-37)57(42-30-27-40-24-23-39-17-7-8-18-43(39)49(40)35-42)50-34-33-46(54-48-20-10-12-22-52(48)59-56(50)54)45-32-31-44(38-15-5-2-6-16-38)55-53(45)47-19-9-11-21-51(47)58-55/h1-35H. The molecule has 0 radical (unpaired) electrons. The third kappa shape index (κ3) is 5.36. The summed E-state index contributed by atoms with van der Waals surface area (Å²) in [5.74, 6) is 0. The molecule has 0 fully saturated rings. The lowest BCUT2D eigenvalue weighted by molar-refractivity contribution is 0.669. The van der Waals surface area contributed by atoms with Crippen LogP contribution in [-0.4, -0.2) is 0 Å². The summed E-state index contributed by atoms with van der Waals surface area (Å²) < 4.78 is 13.8. The first-order valence-corrected chi connectivity index (χ1v) is 20.1. The third-order valence-electron chi connectivity index (χ3n) is 11.9. The van der Waals surface area contributed by atoms with E-state index in [9.17, 15) is 0 Å². The zero-order chi connectivity index (χ0) is 38.9. The molecule has 0 N–H and O–H groups in total. The number of benzene rings is 10. The van der Waals surface area contributed by atoms with Crippen molar-refractivity contribution in [2.75, 3.05) is 4.90 Å². The second kappa shape index (κ2) is 13.4. The monoisotopic (exact) mass is 753 g/mol. The molecular weight excluding hydrogens is 719 g/mol. The van der Waals surface area contributed by atoms with E-state index in [2.05, 4.69) is 211 Å². The molecule has 59 heavy (non-hydrogen) atoms. The highest BCUT2D eigenvalue weighted by Gasteiger charge is 2.25. The van der Waals surface area contributed by atoms with Crippen LogP contribution in [0.2, 0.25) is 0 Å². The summed E-state index contributed by atoms with van der Waals surface area (Å²) in [6.45, 7) is 0. The normalized spacial score (nSPS) is 11.7. The van der Waals surface area contributed by atoms with Crippen LogP contribution in [0.5, 0.6) is 0 Å². The number of hydrogen-bond donors (Lipinski definition) is 0. The van der Waals surface area contributed by atoms with Crippen molar-refractivity contribution >= 4 is 82.5 Å². The highest BCUT2D eigenvalue weighted by molar-refractivity contribution is 6.23. The fraction of sp³-hybridized carbons (Fsp3) is 0. The van der Waals surface area contributed by atoms with Gasteiger partial charge in [-0.3, -0.25) is 0 Å². The van der Waals surface area contributed by atoms with Crippen LogP contribution in [-0.2, 0) is 0 Å². The Morgan fingerprint density at radius 2 is 0.797 bits per heavy atom. The van der Waals surface area contributed by atoms with Crippen molar-refractivity contribution in [1.82, 2.24) is 0 Å². The number of hydrogen-bond acceptors (Lipinski definition) is 3. The van der Waals surface area contributed by atoms with Gasteiger partial charge >= 0.3 is 0 Å². The second-order valence-electron chi connectivity index (χ2n) is 15.2. The molecule has 0 saturated carbocycles. The summed E-state index contributed by atoms with van der Waals surface area (Å²) in [6, 6.07) is 75.5. The second-order valence-corrected chi connectivity index (χ2v) is 15.2. The van der Waals surface area contributed by atoms with E-state index >= 15 is 0 Å². The Kier molecular flexibility index (Phi) is 7.54. The molecule has 3 heteroatoms. The zero-order valence-electron chi connectivity index (χ0n) is 32.0. The lowest BCUT2D eigenvalue weighted by atomic mass is 9.92. The minimum atomic E-state index is 0.821. The molecule has 0 bridgehead atoms. The van der Waals surface area contributed by atoms with Crippen LogP contribution in [0.1, 0.15) is 0 Å². The fourth-order valence-electron chi connectivity index (χ4n) is 9.10. The zero-order valence-corrected chi connectivity index (χ0v) is 32.0. The van der Waals surface area contributed by atoms with Gasteiger partial charge in [-0.2, -0.15) is 0 Å². The molecule has 3 nitrogen and oxygen atoms in total. The maximum Gasteiger partial charge on any atom is 0.160 e. The van der Waals surface area contributed by atoms with Gasteiger partial charge in [0.1, 0.15) is 16.7 Å². The highest BCUT2D eigenvalue weighted by Crippen LogP contribution is 2.49. The van der Waals surface area contributed by atoms with Gasteiger partial charge in [0.2, 0.25) is 0 Å². The van der Waals surface area contributed by atoms with E-state index in [1.807, 2.05) is 6.07 Å². The average molecular weight is 754 g/mol. The minimum Gasteiger partial charge on any atom is -0.455 e. The number of anilines is 3. The van der Waals surface area contributed by atoms with Crippen molar-refractivity contribution in [1.29, 1.82) is 0 Å². The topological polar surface area (TPSA) is 29.5 Å². The molecule has 2 aromatic heterocycles. The number of para-hydroxylation sites is 2. The molecule has 0 aliphatic rings. The van der Waals surface area contributed by atoms with E-state index in [4.69, 9.17) is 8.83 Å². The van der Waals surface area contributed by atoms with Gasteiger partial charge in [-0.15, -0.1) is 0 Å². The number of nitrogens with zero attached hydrogens (tertiary/aromatic N) is 1. The average Bonchev–Trinajstić information content (AvgIpc) is 3.90. The van der Waals surface area contributed by atoms with Crippen LogP contribution >= 0.6 is 0 Å². The summed E-state index contributed by atoms with van der Waals surface area (Å²) >= 11 is 0. The Morgan fingerprint density at radius 1 is 0.305 bits per heavy atom. The van der Waals surface area contributed by atoms with Gasteiger partial charge in [-0.05, 0) is 97.9 Å². The van der Waals surface area contributed by atoms with E-state index in [0.29, 0.717) is 0 Å². The van der Waals surface area contributed by atoms with Crippen LogP contribution in [0.3, 0.4) is 0 Å². The molecule has 0 aliphatic heterocycles. The van der Waals surface area contributed by atoms with Gasteiger partial charge in [-0.25, -0.2) is 0 Å². The predicted molar refractivity (Wildman–Crippen MR) is 247 cm³/mol. The van der Waals surface area contributed by atoms with E-state index < -0.39 is 0 Å². The quantitative estimate of drug-likeness (QED) is 0.158. The van der Waals surface area contributed by atoms with E-state index in [0.717, 1.165) is 83.2 Å². The van der Waals surface area contributed by atoms with E-state index in [1.165, 1.54) is 32.7 Å². The Hall–Kier alpha value is -7.88. The van der Waals surface area contributed by atoms with Gasteiger partial charge < -0.3 is 13.7 Å². The first-order chi connectivity index (χ1) is 29.3. The molecule has 0 unspecified atom stereocenters. The number of fused-ring (bicyclic) bond motifs is 9. The van der Waals surface area contributed by atoms with Crippen LogP contribution in [0.25, 0.3) is 98.8 Å². The molecule has 0 spiro atoms. The smallest absolute Gasteiger partial charge is 0.160 e. The predicted octanol–water partition coefficient (Wildman–Crippen LogP) is 16.3. The van der Waals surface area contributed by atoms with E-state index in [-0.39, 0.29) is 0 Å². The molecular formula is C56H35NO2. The molecule has 0 amide bonds. The lowest BCUT2D eigenvalue weighted by Gasteiger charge is -2.27. The van der Waals surface area contributed by atoms with Crippen molar-refractivity contribution in [3.05, 3.63) is 212 Å². The van der Waals surface area contributed by atoms with Crippen molar-refractivity contribution in [2.24, 2.45) is 0 Å². The molecule has 0 aliphatic carbocycles. The van der Waals surface area contributed by atoms with Gasteiger partial charge in [-0.1, -0.05) is 164 Å².